The minimum Gasteiger partial charge on any atom is -0.338 e. The van der Waals surface area contributed by atoms with Crippen LogP contribution in [0.4, 0.5) is 5.69 Å². The number of hydrogen-bond donors (Lipinski definition) is 2. The van der Waals surface area contributed by atoms with E-state index in [1.807, 2.05) is 91.1 Å². The number of aromatic nitrogens is 3. The lowest BCUT2D eigenvalue weighted by Crippen LogP contribution is -2.48. The molecular formula is C34H31N5O2. The van der Waals surface area contributed by atoms with Crippen molar-refractivity contribution in [3.8, 4) is 11.1 Å². The van der Waals surface area contributed by atoms with Crippen molar-refractivity contribution in [3.63, 3.8) is 0 Å². The van der Waals surface area contributed by atoms with Gasteiger partial charge in [0, 0.05) is 36.7 Å². The first-order chi connectivity index (χ1) is 20.1. The quantitative estimate of drug-likeness (QED) is 0.270. The second-order valence-electron chi connectivity index (χ2n) is 10.3. The highest BCUT2D eigenvalue weighted by Crippen LogP contribution is 2.32. The molecule has 0 radical (unpaired) electrons. The van der Waals surface area contributed by atoms with Gasteiger partial charge in [-0.1, -0.05) is 72.8 Å². The van der Waals surface area contributed by atoms with E-state index in [-0.39, 0.29) is 11.8 Å². The Balaban J connectivity index is 1.32. The van der Waals surface area contributed by atoms with Crippen molar-refractivity contribution in [2.75, 3.05) is 5.32 Å². The van der Waals surface area contributed by atoms with Crippen LogP contribution in [-0.2, 0) is 24.7 Å². The second-order valence-corrected chi connectivity index (χ2v) is 10.3. The van der Waals surface area contributed by atoms with Gasteiger partial charge in [0.15, 0.2) is 0 Å². The Kier molecular flexibility index (Phi) is 7.41. The van der Waals surface area contributed by atoms with Gasteiger partial charge in [0.2, 0.25) is 5.91 Å². The normalized spacial score (nSPS) is 13.0. The first-order valence-corrected chi connectivity index (χ1v) is 13.9. The Morgan fingerprint density at radius 3 is 2.12 bits per heavy atom. The van der Waals surface area contributed by atoms with Gasteiger partial charge >= 0.3 is 0 Å². The van der Waals surface area contributed by atoms with E-state index in [0.717, 1.165) is 36.0 Å². The number of amides is 2. The Labute approximate surface area is 239 Å². The molecule has 41 heavy (non-hydrogen) atoms. The molecule has 7 heteroatoms. The molecule has 3 aromatic carbocycles. The van der Waals surface area contributed by atoms with Gasteiger partial charge in [0.1, 0.15) is 11.7 Å². The number of hydrogen-bond acceptors (Lipinski definition) is 4. The lowest BCUT2D eigenvalue weighted by atomic mass is 9.84. The Bertz CT molecular complexity index is 1620. The fourth-order valence-electron chi connectivity index (χ4n) is 5.70. The largest absolute Gasteiger partial charge is 0.338 e. The third-order valence-electron chi connectivity index (χ3n) is 7.72. The summed E-state index contributed by atoms with van der Waals surface area (Å²) in [5, 5.41) is 10.2. The van der Waals surface area contributed by atoms with Gasteiger partial charge < -0.3 is 10.6 Å². The molecule has 0 saturated carbocycles. The molecule has 6 rings (SSSR count). The molecule has 0 spiro atoms. The van der Waals surface area contributed by atoms with Gasteiger partial charge in [-0.05, 0) is 71.3 Å². The molecule has 7 nitrogen and oxygen atoms in total. The molecule has 0 aliphatic heterocycles. The smallest absolute Gasteiger partial charge is 0.270 e. The van der Waals surface area contributed by atoms with Crippen molar-refractivity contribution in [3.05, 3.63) is 138 Å². The van der Waals surface area contributed by atoms with E-state index < -0.39 is 12.0 Å². The van der Waals surface area contributed by atoms with Crippen LogP contribution in [0.15, 0.2) is 109 Å². The number of rotatable bonds is 8. The maximum atomic E-state index is 14.0. The number of carbonyl (C=O) groups is 2. The van der Waals surface area contributed by atoms with Crippen LogP contribution in [0.25, 0.3) is 11.1 Å². The van der Waals surface area contributed by atoms with Gasteiger partial charge in [-0.25, -0.2) is 0 Å². The molecule has 0 fully saturated rings. The van der Waals surface area contributed by atoms with E-state index in [0.29, 0.717) is 11.4 Å². The summed E-state index contributed by atoms with van der Waals surface area (Å²) < 4.78 is 1.50. The van der Waals surface area contributed by atoms with Crippen LogP contribution in [-0.4, -0.2) is 32.6 Å². The predicted molar refractivity (Wildman–Crippen MR) is 160 cm³/mol. The van der Waals surface area contributed by atoms with Gasteiger partial charge in [-0.2, -0.15) is 5.10 Å². The van der Waals surface area contributed by atoms with Crippen molar-refractivity contribution in [2.24, 2.45) is 7.05 Å². The molecule has 2 amide bonds. The first kappa shape index (κ1) is 26.2. The van der Waals surface area contributed by atoms with Gasteiger partial charge in [-0.15, -0.1) is 0 Å². The molecule has 0 unspecified atom stereocenters. The highest BCUT2D eigenvalue weighted by molar-refractivity contribution is 6.01. The number of pyridine rings is 1. The Hall–Kier alpha value is -5.04. The molecular weight excluding hydrogens is 510 g/mol. The standard InChI is InChI=1S/C34H31N5O2/c1-39-30(20-22-36-39)33(40)38-32(31(24-9-4-2-5-10-24)25-11-6-3-7-12-25)34(41)37-26-17-15-23(16-18-26)27-19-21-35-29-14-8-13-28(27)29/h2-7,9-12,15-22,31-32H,8,13-14H2,1H3,(H,37,41)(H,38,40)/t32-/m0/s1. The van der Waals surface area contributed by atoms with E-state index in [9.17, 15) is 9.59 Å². The van der Waals surface area contributed by atoms with E-state index in [1.165, 1.54) is 21.5 Å². The zero-order valence-corrected chi connectivity index (χ0v) is 22.8. The lowest BCUT2D eigenvalue weighted by Gasteiger charge is -2.28. The van der Waals surface area contributed by atoms with Crippen LogP contribution >= 0.6 is 0 Å². The van der Waals surface area contributed by atoms with Crippen molar-refractivity contribution < 1.29 is 9.59 Å². The zero-order chi connectivity index (χ0) is 28.2. The predicted octanol–water partition coefficient (Wildman–Crippen LogP) is 5.54. The van der Waals surface area contributed by atoms with E-state index >= 15 is 0 Å². The molecule has 0 saturated heterocycles. The summed E-state index contributed by atoms with van der Waals surface area (Å²) in [7, 11) is 1.70. The molecule has 0 bridgehead atoms. The van der Waals surface area contributed by atoms with Crippen LogP contribution in [0.3, 0.4) is 0 Å². The number of aryl methyl sites for hydroxylation is 2. The summed E-state index contributed by atoms with van der Waals surface area (Å²) in [5.41, 5.74) is 7.66. The number of nitrogens with zero attached hydrogens (tertiary/aromatic N) is 3. The number of carbonyl (C=O) groups excluding carboxylic acids is 2. The highest BCUT2D eigenvalue weighted by atomic mass is 16.2. The Morgan fingerprint density at radius 1 is 0.805 bits per heavy atom. The van der Waals surface area contributed by atoms with Crippen molar-refractivity contribution >= 4 is 17.5 Å². The monoisotopic (exact) mass is 541 g/mol. The van der Waals surface area contributed by atoms with E-state index in [4.69, 9.17) is 0 Å². The fourth-order valence-corrected chi connectivity index (χ4v) is 5.70. The summed E-state index contributed by atoms with van der Waals surface area (Å²) in [6.07, 6.45) is 6.62. The third-order valence-corrected chi connectivity index (χ3v) is 7.72. The van der Waals surface area contributed by atoms with Crippen LogP contribution in [0, 0.1) is 0 Å². The molecule has 5 aromatic rings. The number of fused-ring (bicyclic) bond motifs is 1. The lowest BCUT2D eigenvalue weighted by molar-refractivity contribution is -0.118. The SMILES string of the molecule is Cn1nccc1C(=O)N[C@H](C(=O)Nc1ccc(-c2ccnc3c2CCC3)cc1)C(c1ccccc1)c1ccccc1. The van der Waals surface area contributed by atoms with Crippen molar-refractivity contribution in [2.45, 2.75) is 31.2 Å². The molecule has 1 aliphatic rings. The van der Waals surface area contributed by atoms with Crippen molar-refractivity contribution in [1.82, 2.24) is 20.1 Å². The van der Waals surface area contributed by atoms with Crippen molar-refractivity contribution in [1.29, 1.82) is 0 Å². The van der Waals surface area contributed by atoms with Gasteiger partial charge in [0.25, 0.3) is 5.91 Å². The summed E-state index contributed by atoms with van der Waals surface area (Å²) >= 11 is 0. The van der Waals surface area contributed by atoms with Crippen LogP contribution < -0.4 is 10.6 Å². The van der Waals surface area contributed by atoms with Crippen LogP contribution in [0.5, 0.6) is 0 Å². The summed E-state index contributed by atoms with van der Waals surface area (Å²) in [5.74, 6) is -1.10. The second kappa shape index (κ2) is 11.6. The minimum absolute atomic E-state index is 0.309. The van der Waals surface area contributed by atoms with Crippen LogP contribution in [0.2, 0.25) is 0 Å². The zero-order valence-electron chi connectivity index (χ0n) is 22.8. The molecule has 204 valence electrons. The molecule has 2 heterocycles. The van der Waals surface area contributed by atoms with E-state index in [1.54, 1.807) is 19.3 Å². The summed E-state index contributed by atoms with van der Waals surface area (Å²) in [6, 6.07) is 30.3. The minimum atomic E-state index is -0.898. The molecule has 1 atom stereocenters. The van der Waals surface area contributed by atoms with Gasteiger partial charge in [-0.3, -0.25) is 19.3 Å². The summed E-state index contributed by atoms with van der Waals surface area (Å²) in [6.45, 7) is 0. The molecule has 1 aliphatic carbocycles. The fraction of sp³-hybridized carbons (Fsp3) is 0.176. The maximum Gasteiger partial charge on any atom is 0.270 e. The van der Waals surface area contributed by atoms with E-state index in [2.05, 4.69) is 26.8 Å². The molecule has 2 N–H and O–H groups in total. The maximum absolute atomic E-state index is 14.0. The number of nitrogens with one attached hydrogen (secondary N) is 2. The molecule has 2 aromatic heterocycles. The number of anilines is 1. The topological polar surface area (TPSA) is 88.9 Å². The third kappa shape index (κ3) is 5.52. The average molecular weight is 542 g/mol. The first-order valence-electron chi connectivity index (χ1n) is 13.9. The number of benzene rings is 3. The van der Waals surface area contributed by atoms with Gasteiger partial charge in [0.05, 0.1) is 0 Å². The average Bonchev–Trinajstić information content (AvgIpc) is 3.67. The highest BCUT2D eigenvalue weighted by Gasteiger charge is 2.33. The van der Waals surface area contributed by atoms with Crippen LogP contribution in [0.1, 0.15) is 45.2 Å². The Morgan fingerprint density at radius 2 is 1.49 bits per heavy atom. The summed E-state index contributed by atoms with van der Waals surface area (Å²) in [4.78, 5) is 32.0.